The van der Waals surface area contributed by atoms with Crippen molar-refractivity contribution in [3.63, 3.8) is 0 Å². The van der Waals surface area contributed by atoms with Crippen LogP contribution in [0.2, 0.25) is 0 Å². The zero-order chi connectivity index (χ0) is 12.4. The number of nitrogens with zero attached hydrogens (tertiary/aromatic N) is 4. The second-order valence-electron chi connectivity index (χ2n) is 4.07. The normalized spacial score (nSPS) is 10.9. The maximum Gasteiger partial charge on any atom is 0.0969 e. The molecule has 5 heteroatoms. The van der Waals surface area contributed by atoms with Crippen molar-refractivity contribution in [2.24, 2.45) is 0 Å². The summed E-state index contributed by atoms with van der Waals surface area (Å²) in [5.41, 5.74) is 2.89. The molecule has 5 nitrogen and oxygen atoms in total. The zero-order valence-corrected chi connectivity index (χ0v) is 10.0. The van der Waals surface area contributed by atoms with E-state index in [9.17, 15) is 0 Å². The molecule has 0 radical (unpaired) electrons. The van der Waals surface area contributed by atoms with Gasteiger partial charge in [-0.3, -0.25) is 4.98 Å². The van der Waals surface area contributed by atoms with Crippen molar-refractivity contribution in [3.8, 4) is 5.69 Å². The van der Waals surface area contributed by atoms with Crippen LogP contribution >= 0.6 is 0 Å². The van der Waals surface area contributed by atoms with Crippen LogP contribution in [0.4, 0.5) is 0 Å². The van der Waals surface area contributed by atoms with Crippen LogP contribution in [0.5, 0.6) is 0 Å². The lowest BCUT2D eigenvalue weighted by molar-refractivity contribution is 0.767. The Kier molecular flexibility index (Phi) is 2.74. The number of nitrogens with one attached hydrogen (secondary N) is 1. The minimum atomic E-state index is 0.717. The average molecular weight is 239 g/mol. The third-order valence-electron chi connectivity index (χ3n) is 2.75. The Morgan fingerprint density at radius 1 is 1.28 bits per heavy atom. The van der Waals surface area contributed by atoms with Gasteiger partial charge in [0.25, 0.3) is 0 Å². The number of aromatic nitrogens is 4. The largest absolute Gasteiger partial charge is 0.314 e. The third-order valence-corrected chi connectivity index (χ3v) is 2.75. The molecule has 0 fully saturated rings. The number of hydrogen-bond donors (Lipinski definition) is 1. The first-order valence-corrected chi connectivity index (χ1v) is 5.78. The monoisotopic (exact) mass is 239 g/mol. The topological polar surface area (TPSA) is 55.6 Å². The molecular weight excluding hydrogens is 226 g/mol. The molecule has 3 aromatic rings. The molecule has 1 aromatic carbocycles. The summed E-state index contributed by atoms with van der Waals surface area (Å²) in [6.07, 6.45) is 3.72. The average Bonchev–Trinajstić information content (AvgIpc) is 2.87. The molecule has 0 saturated carbocycles. The molecule has 0 amide bonds. The van der Waals surface area contributed by atoms with E-state index in [2.05, 4.69) is 26.7 Å². The summed E-state index contributed by atoms with van der Waals surface area (Å²) in [7, 11) is 1.89. The van der Waals surface area contributed by atoms with Crippen LogP contribution < -0.4 is 5.32 Å². The number of rotatable bonds is 3. The van der Waals surface area contributed by atoms with Crippen LogP contribution in [0.15, 0.2) is 42.7 Å². The van der Waals surface area contributed by atoms with Crippen LogP contribution in [0.25, 0.3) is 16.6 Å². The molecule has 2 aromatic heterocycles. The fraction of sp³-hybridized carbons (Fsp3) is 0.154. The van der Waals surface area contributed by atoms with Crippen LogP contribution in [0.1, 0.15) is 5.69 Å². The summed E-state index contributed by atoms with van der Waals surface area (Å²) in [4.78, 5) is 4.30. The smallest absolute Gasteiger partial charge is 0.0969 e. The van der Waals surface area contributed by atoms with Crippen molar-refractivity contribution in [2.75, 3.05) is 7.05 Å². The van der Waals surface area contributed by atoms with Gasteiger partial charge in [-0.1, -0.05) is 11.3 Å². The highest BCUT2D eigenvalue weighted by molar-refractivity contribution is 5.80. The quantitative estimate of drug-likeness (QED) is 0.753. The number of pyridine rings is 1. The Hall–Kier alpha value is -2.27. The molecule has 0 aliphatic heterocycles. The molecule has 0 spiro atoms. The van der Waals surface area contributed by atoms with Crippen molar-refractivity contribution < 1.29 is 0 Å². The maximum absolute atomic E-state index is 4.30. The SMILES string of the molecule is CNCc1cn(-c2ccc3ncccc3c2)nn1. The van der Waals surface area contributed by atoms with Gasteiger partial charge >= 0.3 is 0 Å². The predicted octanol–water partition coefficient (Wildman–Crippen LogP) is 1.53. The van der Waals surface area contributed by atoms with Crippen molar-refractivity contribution in [2.45, 2.75) is 6.54 Å². The predicted molar refractivity (Wildman–Crippen MR) is 69.4 cm³/mol. The number of hydrogen-bond acceptors (Lipinski definition) is 4. The molecule has 0 atom stereocenters. The van der Waals surface area contributed by atoms with E-state index in [0.29, 0.717) is 0 Å². The van der Waals surface area contributed by atoms with E-state index in [0.717, 1.165) is 28.8 Å². The highest BCUT2D eigenvalue weighted by Gasteiger charge is 2.03. The zero-order valence-electron chi connectivity index (χ0n) is 10.0. The summed E-state index contributed by atoms with van der Waals surface area (Å²) in [6.45, 7) is 0.717. The second kappa shape index (κ2) is 4.54. The van der Waals surface area contributed by atoms with Crippen LogP contribution in [-0.4, -0.2) is 27.0 Å². The van der Waals surface area contributed by atoms with Crippen LogP contribution in [-0.2, 0) is 6.54 Å². The fourth-order valence-electron chi connectivity index (χ4n) is 1.89. The minimum absolute atomic E-state index is 0.717. The van der Waals surface area contributed by atoms with Gasteiger partial charge in [-0.15, -0.1) is 5.10 Å². The lowest BCUT2D eigenvalue weighted by Gasteiger charge is -2.01. The van der Waals surface area contributed by atoms with Gasteiger partial charge in [-0.2, -0.15) is 0 Å². The fourth-order valence-corrected chi connectivity index (χ4v) is 1.89. The van der Waals surface area contributed by atoms with Gasteiger partial charge < -0.3 is 5.32 Å². The maximum atomic E-state index is 4.30. The standard InChI is InChI=1S/C13H13N5/c1-14-8-11-9-18(17-16-11)12-4-5-13-10(7-12)3-2-6-15-13/h2-7,9,14H,8H2,1H3. The van der Waals surface area contributed by atoms with Gasteiger partial charge in [-0.25, -0.2) is 4.68 Å². The van der Waals surface area contributed by atoms with E-state index >= 15 is 0 Å². The molecule has 18 heavy (non-hydrogen) atoms. The summed E-state index contributed by atoms with van der Waals surface area (Å²) in [6, 6.07) is 10.0. The molecule has 0 unspecified atom stereocenters. The van der Waals surface area contributed by atoms with Gasteiger partial charge in [0.2, 0.25) is 0 Å². The van der Waals surface area contributed by atoms with Gasteiger partial charge in [0.15, 0.2) is 0 Å². The van der Waals surface area contributed by atoms with Gasteiger partial charge in [0.05, 0.1) is 23.1 Å². The Balaban J connectivity index is 2.02. The second-order valence-corrected chi connectivity index (χ2v) is 4.07. The highest BCUT2D eigenvalue weighted by atomic mass is 15.4. The van der Waals surface area contributed by atoms with Crippen molar-refractivity contribution in [1.29, 1.82) is 0 Å². The van der Waals surface area contributed by atoms with E-state index in [4.69, 9.17) is 0 Å². The molecule has 0 aliphatic carbocycles. The summed E-state index contributed by atoms with van der Waals surface area (Å²) in [5, 5.41) is 12.4. The van der Waals surface area contributed by atoms with Crippen molar-refractivity contribution >= 4 is 10.9 Å². The minimum Gasteiger partial charge on any atom is -0.314 e. The van der Waals surface area contributed by atoms with E-state index in [-0.39, 0.29) is 0 Å². The molecule has 1 N–H and O–H groups in total. The van der Waals surface area contributed by atoms with Gasteiger partial charge in [0.1, 0.15) is 0 Å². The van der Waals surface area contributed by atoms with E-state index in [1.165, 1.54) is 0 Å². The number of benzene rings is 1. The van der Waals surface area contributed by atoms with Crippen LogP contribution in [0, 0.1) is 0 Å². The third kappa shape index (κ3) is 1.96. The molecule has 0 saturated heterocycles. The van der Waals surface area contributed by atoms with Gasteiger partial charge in [-0.05, 0) is 31.3 Å². The molecule has 0 aliphatic rings. The number of fused-ring (bicyclic) bond motifs is 1. The molecule has 0 bridgehead atoms. The van der Waals surface area contributed by atoms with Gasteiger partial charge in [0, 0.05) is 18.1 Å². The summed E-state index contributed by atoms with van der Waals surface area (Å²) < 4.78 is 1.78. The first kappa shape index (κ1) is 10.9. The Morgan fingerprint density at radius 2 is 2.22 bits per heavy atom. The first-order valence-electron chi connectivity index (χ1n) is 5.78. The van der Waals surface area contributed by atoms with Crippen LogP contribution in [0.3, 0.4) is 0 Å². The lowest BCUT2D eigenvalue weighted by Crippen LogP contribution is -2.04. The summed E-state index contributed by atoms with van der Waals surface area (Å²) in [5.74, 6) is 0. The first-order chi connectivity index (χ1) is 8.86. The van der Waals surface area contributed by atoms with Crippen molar-refractivity contribution in [1.82, 2.24) is 25.3 Å². The molecular formula is C13H13N5. The Labute approximate surface area is 104 Å². The lowest BCUT2D eigenvalue weighted by atomic mass is 10.2. The highest BCUT2D eigenvalue weighted by Crippen LogP contribution is 2.15. The van der Waals surface area contributed by atoms with E-state index in [1.54, 1.807) is 10.9 Å². The molecule has 90 valence electrons. The molecule has 3 rings (SSSR count). The molecule has 2 heterocycles. The Bertz CT molecular complexity index is 674. The van der Waals surface area contributed by atoms with E-state index in [1.807, 2.05) is 37.5 Å². The van der Waals surface area contributed by atoms with Crippen molar-refractivity contribution in [3.05, 3.63) is 48.4 Å². The summed E-state index contributed by atoms with van der Waals surface area (Å²) >= 11 is 0. The Morgan fingerprint density at radius 3 is 3.11 bits per heavy atom. The van der Waals surface area contributed by atoms with E-state index < -0.39 is 0 Å².